The molecule has 2 fully saturated rings. The van der Waals surface area contributed by atoms with Gasteiger partial charge in [-0.3, -0.25) is 4.68 Å². The average molecular weight is 281 g/mol. The Morgan fingerprint density at radius 3 is 2.79 bits per heavy atom. The third kappa shape index (κ3) is 3.16. The molecule has 2 saturated carbocycles. The maximum atomic E-state index is 6.26. The molecule has 0 saturated heterocycles. The molecule has 2 aliphatic carbocycles. The molecule has 0 aliphatic heterocycles. The number of hydrogen-bond donors (Lipinski definition) is 0. The molecule has 3 rings (SSSR count). The zero-order valence-corrected chi connectivity index (χ0v) is 12.7. The number of halogens is 1. The Morgan fingerprint density at radius 2 is 2.11 bits per heavy atom. The average Bonchev–Trinajstić information content (AvgIpc) is 2.98. The Balaban J connectivity index is 1.64. The summed E-state index contributed by atoms with van der Waals surface area (Å²) in [4.78, 5) is 0. The van der Waals surface area contributed by atoms with Gasteiger partial charge in [-0.1, -0.05) is 26.2 Å². The Morgan fingerprint density at radius 1 is 1.32 bits per heavy atom. The second kappa shape index (κ2) is 5.47. The topological polar surface area (TPSA) is 17.8 Å². The normalized spacial score (nSPS) is 32.8. The molecule has 0 N–H and O–H groups in total. The summed E-state index contributed by atoms with van der Waals surface area (Å²) in [5, 5.41) is 5.22. The van der Waals surface area contributed by atoms with Gasteiger partial charge < -0.3 is 0 Å². The van der Waals surface area contributed by atoms with E-state index in [2.05, 4.69) is 23.9 Å². The molecular formula is C16H25ClN2. The molecule has 1 aromatic rings. The highest BCUT2D eigenvalue weighted by Crippen LogP contribution is 2.42. The third-order valence-electron chi connectivity index (χ3n) is 5.00. The van der Waals surface area contributed by atoms with E-state index in [-0.39, 0.29) is 0 Å². The van der Waals surface area contributed by atoms with Crippen LogP contribution in [0.15, 0.2) is 12.3 Å². The Labute approximate surface area is 121 Å². The minimum atomic E-state index is 0.373. The van der Waals surface area contributed by atoms with Crippen LogP contribution in [0.25, 0.3) is 0 Å². The highest BCUT2D eigenvalue weighted by Gasteiger charge is 2.34. The first-order valence-corrected chi connectivity index (χ1v) is 8.26. The van der Waals surface area contributed by atoms with E-state index in [9.17, 15) is 0 Å². The van der Waals surface area contributed by atoms with E-state index in [0.29, 0.717) is 16.8 Å². The quantitative estimate of drug-likeness (QED) is 0.732. The van der Waals surface area contributed by atoms with Crippen molar-refractivity contribution >= 4 is 11.6 Å². The molecule has 2 atom stereocenters. The summed E-state index contributed by atoms with van der Waals surface area (Å²) >= 11 is 6.26. The minimum Gasteiger partial charge on any atom is -0.269 e. The van der Waals surface area contributed by atoms with E-state index in [1.54, 1.807) is 0 Å². The van der Waals surface area contributed by atoms with Gasteiger partial charge >= 0.3 is 0 Å². The van der Waals surface area contributed by atoms with Crippen LogP contribution in [-0.2, 0) is 6.42 Å². The maximum Gasteiger partial charge on any atom is 0.0630 e. The fraction of sp³-hybridized carbons (Fsp3) is 0.812. The number of hydrogen-bond acceptors (Lipinski definition) is 1. The van der Waals surface area contributed by atoms with Crippen LogP contribution in [0.3, 0.4) is 0 Å². The van der Waals surface area contributed by atoms with E-state index in [0.717, 1.165) is 12.8 Å². The zero-order valence-electron chi connectivity index (χ0n) is 11.9. The van der Waals surface area contributed by atoms with Crippen LogP contribution < -0.4 is 0 Å². The molecule has 106 valence electrons. The lowest BCUT2D eigenvalue weighted by molar-refractivity contribution is 0.313. The van der Waals surface area contributed by atoms with Crippen molar-refractivity contribution in [2.24, 2.45) is 5.41 Å². The molecule has 19 heavy (non-hydrogen) atoms. The molecule has 0 amide bonds. The lowest BCUT2D eigenvalue weighted by Crippen LogP contribution is -2.17. The standard InChI is InChI=1S/C16H25ClN2/c1-16(9-7-13(17)11-16)12-14-8-10-19(18-14)15-5-3-2-4-6-15/h8,10,13,15H,2-7,9,11-12H2,1H3. The van der Waals surface area contributed by atoms with Crippen molar-refractivity contribution in [3.63, 3.8) is 0 Å². The summed E-state index contributed by atoms with van der Waals surface area (Å²) in [6, 6.07) is 2.88. The Kier molecular flexibility index (Phi) is 3.88. The van der Waals surface area contributed by atoms with Crippen LogP contribution >= 0.6 is 11.6 Å². The van der Waals surface area contributed by atoms with Crippen molar-refractivity contribution in [3.8, 4) is 0 Å². The SMILES string of the molecule is CC1(Cc2ccn(C3CCCCC3)n2)CCC(Cl)C1. The smallest absolute Gasteiger partial charge is 0.0630 e. The predicted molar refractivity (Wildman–Crippen MR) is 79.7 cm³/mol. The monoisotopic (exact) mass is 280 g/mol. The van der Waals surface area contributed by atoms with Gasteiger partial charge in [-0.25, -0.2) is 0 Å². The third-order valence-corrected chi connectivity index (χ3v) is 5.37. The fourth-order valence-electron chi connectivity index (χ4n) is 3.86. The van der Waals surface area contributed by atoms with Crippen molar-refractivity contribution in [3.05, 3.63) is 18.0 Å². The number of alkyl halides is 1. The van der Waals surface area contributed by atoms with Crippen molar-refractivity contribution in [1.82, 2.24) is 9.78 Å². The molecule has 0 aromatic carbocycles. The van der Waals surface area contributed by atoms with Gasteiger partial charge in [0.2, 0.25) is 0 Å². The Bertz CT molecular complexity index is 422. The predicted octanol–water partition coefficient (Wildman–Crippen LogP) is 4.73. The number of rotatable bonds is 3. The van der Waals surface area contributed by atoms with Crippen LogP contribution in [0.5, 0.6) is 0 Å². The molecule has 2 nitrogen and oxygen atoms in total. The molecule has 1 heterocycles. The van der Waals surface area contributed by atoms with E-state index >= 15 is 0 Å². The van der Waals surface area contributed by atoms with Crippen LogP contribution in [0.4, 0.5) is 0 Å². The van der Waals surface area contributed by atoms with Crippen LogP contribution in [0, 0.1) is 5.41 Å². The van der Waals surface area contributed by atoms with Gasteiger partial charge in [0.25, 0.3) is 0 Å². The molecule has 2 unspecified atom stereocenters. The van der Waals surface area contributed by atoms with Crippen molar-refractivity contribution < 1.29 is 0 Å². The molecule has 1 aromatic heterocycles. The second-order valence-corrected chi connectivity index (χ2v) is 7.52. The number of aromatic nitrogens is 2. The maximum absolute atomic E-state index is 6.26. The lowest BCUT2D eigenvalue weighted by Gasteiger charge is -2.23. The van der Waals surface area contributed by atoms with Gasteiger partial charge in [0.15, 0.2) is 0 Å². The van der Waals surface area contributed by atoms with E-state index in [4.69, 9.17) is 16.7 Å². The molecule has 0 spiro atoms. The fourth-order valence-corrected chi connectivity index (χ4v) is 4.34. The first kappa shape index (κ1) is 13.5. The Hall–Kier alpha value is -0.500. The van der Waals surface area contributed by atoms with E-state index < -0.39 is 0 Å². The van der Waals surface area contributed by atoms with E-state index in [1.165, 1.54) is 50.6 Å². The molecule has 3 heteroatoms. The summed E-state index contributed by atoms with van der Waals surface area (Å²) in [5.41, 5.74) is 1.64. The largest absolute Gasteiger partial charge is 0.269 e. The van der Waals surface area contributed by atoms with Gasteiger partial charge in [0, 0.05) is 11.6 Å². The summed E-state index contributed by atoms with van der Waals surface area (Å²) in [5.74, 6) is 0. The molecule has 0 bridgehead atoms. The first-order valence-electron chi connectivity index (χ1n) is 7.83. The van der Waals surface area contributed by atoms with Gasteiger partial charge in [-0.2, -0.15) is 5.10 Å². The lowest BCUT2D eigenvalue weighted by atomic mass is 9.84. The summed E-state index contributed by atoms with van der Waals surface area (Å²) < 4.78 is 2.23. The van der Waals surface area contributed by atoms with Crippen molar-refractivity contribution in [2.75, 3.05) is 0 Å². The van der Waals surface area contributed by atoms with Crippen LogP contribution in [-0.4, -0.2) is 15.2 Å². The molecule has 2 aliphatic rings. The van der Waals surface area contributed by atoms with Crippen molar-refractivity contribution in [2.45, 2.75) is 76.1 Å². The zero-order chi connectivity index (χ0) is 13.3. The van der Waals surface area contributed by atoms with Gasteiger partial charge in [-0.05, 0) is 50.0 Å². The highest BCUT2D eigenvalue weighted by atomic mass is 35.5. The highest BCUT2D eigenvalue weighted by molar-refractivity contribution is 6.20. The molecular weight excluding hydrogens is 256 g/mol. The molecule has 0 radical (unpaired) electrons. The van der Waals surface area contributed by atoms with Crippen LogP contribution in [0.2, 0.25) is 0 Å². The second-order valence-electron chi connectivity index (χ2n) is 6.91. The first-order chi connectivity index (χ1) is 9.15. The summed E-state index contributed by atoms with van der Waals surface area (Å²) in [6.07, 6.45) is 13.6. The van der Waals surface area contributed by atoms with E-state index in [1.807, 2.05) is 0 Å². The minimum absolute atomic E-state index is 0.373. The van der Waals surface area contributed by atoms with Gasteiger partial charge in [-0.15, -0.1) is 11.6 Å². The van der Waals surface area contributed by atoms with Crippen LogP contribution in [0.1, 0.15) is 70.0 Å². The van der Waals surface area contributed by atoms with Crippen molar-refractivity contribution in [1.29, 1.82) is 0 Å². The van der Waals surface area contributed by atoms with Gasteiger partial charge in [0.1, 0.15) is 0 Å². The summed E-state index contributed by atoms with van der Waals surface area (Å²) in [6.45, 7) is 2.37. The number of nitrogens with zero attached hydrogens (tertiary/aromatic N) is 2. The van der Waals surface area contributed by atoms with Gasteiger partial charge in [0.05, 0.1) is 11.7 Å². The summed E-state index contributed by atoms with van der Waals surface area (Å²) in [7, 11) is 0.